The number of anilines is 2. The third-order valence-electron chi connectivity index (χ3n) is 5.80. The van der Waals surface area contributed by atoms with Crippen molar-refractivity contribution in [2.75, 3.05) is 11.5 Å². The lowest BCUT2D eigenvalue weighted by molar-refractivity contribution is 0.485. The van der Waals surface area contributed by atoms with Crippen LogP contribution in [0.1, 0.15) is 0 Å². The highest BCUT2D eigenvalue weighted by Crippen LogP contribution is 2.39. The lowest BCUT2D eigenvalue weighted by atomic mass is 9.94. The molecule has 1 unspecified atom stereocenters. The van der Waals surface area contributed by atoms with Gasteiger partial charge >= 0.3 is 0 Å². The number of ether oxygens (including phenoxy) is 2. The Morgan fingerprint density at radius 1 is 0.595 bits per heavy atom. The molecule has 0 fully saturated rings. The fourth-order valence-electron chi connectivity index (χ4n) is 4.03. The number of nitrogen functional groups attached to an aromatic ring is 2. The van der Waals surface area contributed by atoms with Crippen molar-refractivity contribution in [1.29, 1.82) is 0 Å². The lowest BCUT2D eigenvalue weighted by Gasteiger charge is -2.16. The van der Waals surface area contributed by atoms with Crippen LogP contribution in [-0.2, 0) is 11.1 Å². The second-order valence-corrected chi connectivity index (χ2v) is 9.20. The van der Waals surface area contributed by atoms with Crippen molar-refractivity contribution in [3.05, 3.63) is 115 Å². The molecule has 0 spiro atoms. The van der Waals surface area contributed by atoms with Crippen LogP contribution in [-0.4, -0.2) is 8.76 Å². The molecule has 5 aromatic rings. The standard InChI is InChI=1S/C30H24N2O4S/c31-25-10-1-3-12-27(25)35-22-17-15-20(16-18-22)30-24(9-6-14-29(30)37(33)34)21-7-5-8-23(19-21)36-28-13-4-2-11-26(28)32/h1-19H,31-32H2,(H,33,34). The van der Waals surface area contributed by atoms with E-state index < -0.39 is 11.1 Å². The Morgan fingerprint density at radius 2 is 1.19 bits per heavy atom. The van der Waals surface area contributed by atoms with Crippen LogP contribution in [0.3, 0.4) is 0 Å². The Kier molecular flexibility index (Phi) is 6.89. The summed E-state index contributed by atoms with van der Waals surface area (Å²) in [6.07, 6.45) is 0. The fourth-order valence-corrected chi connectivity index (χ4v) is 4.63. The van der Waals surface area contributed by atoms with Crippen LogP contribution >= 0.6 is 0 Å². The Morgan fingerprint density at radius 3 is 1.81 bits per heavy atom. The van der Waals surface area contributed by atoms with E-state index >= 15 is 0 Å². The van der Waals surface area contributed by atoms with Gasteiger partial charge in [0.1, 0.15) is 23.0 Å². The van der Waals surface area contributed by atoms with Gasteiger partial charge in [-0.3, -0.25) is 0 Å². The van der Waals surface area contributed by atoms with Gasteiger partial charge in [-0.1, -0.05) is 60.7 Å². The third-order valence-corrected chi connectivity index (χ3v) is 6.51. The minimum Gasteiger partial charge on any atom is -0.455 e. The third kappa shape index (κ3) is 5.33. The molecule has 0 saturated heterocycles. The first-order chi connectivity index (χ1) is 18.0. The predicted octanol–water partition coefficient (Wildman–Crippen LogP) is 7.35. The van der Waals surface area contributed by atoms with Crippen molar-refractivity contribution in [1.82, 2.24) is 0 Å². The molecule has 1 atom stereocenters. The molecule has 5 N–H and O–H groups in total. The Hall–Kier alpha value is -4.59. The Bertz CT molecular complexity index is 1590. The van der Waals surface area contributed by atoms with E-state index in [1.54, 1.807) is 48.5 Å². The van der Waals surface area contributed by atoms with Crippen LogP contribution in [0.25, 0.3) is 22.3 Å². The first-order valence-corrected chi connectivity index (χ1v) is 12.6. The quantitative estimate of drug-likeness (QED) is 0.157. The minimum atomic E-state index is -2.20. The molecule has 184 valence electrons. The summed E-state index contributed by atoms with van der Waals surface area (Å²) in [6.45, 7) is 0. The van der Waals surface area contributed by atoms with Crippen molar-refractivity contribution in [2.45, 2.75) is 4.90 Å². The van der Waals surface area contributed by atoms with Gasteiger partial charge in [0, 0.05) is 5.56 Å². The molecule has 0 heterocycles. The van der Waals surface area contributed by atoms with E-state index in [0.717, 1.165) is 16.7 Å². The molecule has 0 aromatic heterocycles. The van der Waals surface area contributed by atoms with E-state index in [1.807, 2.05) is 66.7 Å². The Labute approximate surface area is 217 Å². The van der Waals surface area contributed by atoms with E-state index in [9.17, 15) is 8.76 Å². The molecule has 0 aliphatic carbocycles. The highest BCUT2D eigenvalue weighted by atomic mass is 32.2. The summed E-state index contributed by atoms with van der Waals surface area (Å²) in [6, 6.07) is 34.7. The second kappa shape index (κ2) is 10.6. The molecule has 0 radical (unpaired) electrons. The zero-order valence-corrected chi connectivity index (χ0v) is 20.5. The van der Waals surface area contributed by atoms with Gasteiger partial charge in [0.05, 0.1) is 16.3 Å². The minimum absolute atomic E-state index is 0.303. The predicted molar refractivity (Wildman–Crippen MR) is 148 cm³/mol. The van der Waals surface area contributed by atoms with Crippen molar-refractivity contribution >= 4 is 22.5 Å². The van der Waals surface area contributed by atoms with Gasteiger partial charge in [-0.05, 0) is 71.3 Å². The van der Waals surface area contributed by atoms with Crippen LogP contribution in [0.4, 0.5) is 11.4 Å². The number of rotatable bonds is 7. The van der Waals surface area contributed by atoms with Gasteiger partial charge in [0.15, 0.2) is 11.1 Å². The SMILES string of the molecule is Nc1ccccc1Oc1ccc(-c2c(-c3cccc(Oc4ccccc4N)c3)cccc2S(=O)O)cc1. The molecule has 7 heteroatoms. The van der Waals surface area contributed by atoms with Gasteiger partial charge in [-0.15, -0.1) is 0 Å². The van der Waals surface area contributed by atoms with Crippen molar-refractivity contribution in [2.24, 2.45) is 0 Å². The molecule has 0 bridgehead atoms. The molecule has 0 aliphatic rings. The first-order valence-electron chi connectivity index (χ1n) is 11.5. The van der Waals surface area contributed by atoms with Crippen LogP contribution in [0.2, 0.25) is 0 Å². The summed E-state index contributed by atoms with van der Waals surface area (Å²) in [5.74, 6) is 2.31. The van der Waals surface area contributed by atoms with E-state index in [4.69, 9.17) is 20.9 Å². The maximum absolute atomic E-state index is 12.3. The van der Waals surface area contributed by atoms with Crippen molar-refractivity contribution in [3.8, 4) is 45.3 Å². The number of hydrogen-bond acceptors (Lipinski definition) is 5. The van der Waals surface area contributed by atoms with Gasteiger partial charge < -0.3 is 25.5 Å². The van der Waals surface area contributed by atoms with Crippen LogP contribution < -0.4 is 20.9 Å². The van der Waals surface area contributed by atoms with Crippen LogP contribution in [0.15, 0.2) is 120 Å². The van der Waals surface area contributed by atoms with Gasteiger partial charge in [-0.2, -0.15) is 0 Å². The topological polar surface area (TPSA) is 108 Å². The molecule has 0 saturated carbocycles. The van der Waals surface area contributed by atoms with Crippen LogP contribution in [0, 0.1) is 0 Å². The van der Waals surface area contributed by atoms with E-state index in [0.29, 0.717) is 44.8 Å². The molecular formula is C30H24N2O4S. The van der Waals surface area contributed by atoms with Gasteiger partial charge in [0.2, 0.25) is 0 Å². The van der Waals surface area contributed by atoms with Crippen molar-refractivity contribution < 1.29 is 18.2 Å². The summed E-state index contributed by atoms with van der Waals surface area (Å²) < 4.78 is 34.3. The molecule has 5 rings (SSSR count). The average molecular weight is 509 g/mol. The zero-order valence-electron chi connectivity index (χ0n) is 19.7. The second-order valence-electron chi connectivity index (χ2n) is 8.26. The zero-order chi connectivity index (χ0) is 25.8. The summed E-state index contributed by atoms with van der Waals surface area (Å²) in [5, 5.41) is 0. The Balaban J connectivity index is 1.53. The number of para-hydroxylation sites is 4. The molecule has 6 nitrogen and oxygen atoms in total. The molecule has 5 aromatic carbocycles. The number of hydrogen-bond donors (Lipinski definition) is 3. The van der Waals surface area contributed by atoms with Crippen LogP contribution in [0.5, 0.6) is 23.0 Å². The average Bonchev–Trinajstić information content (AvgIpc) is 2.91. The fraction of sp³-hybridized carbons (Fsp3) is 0. The summed E-state index contributed by atoms with van der Waals surface area (Å²) in [5.41, 5.74) is 16.1. The number of benzene rings is 5. The highest BCUT2D eigenvalue weighted by molar-refractivity contribution is 7.79. The monoisotopic (exact) mass is 508 g/mol. The van der Waals surface area contributed by atoms with E-state index in [2.05, 4.69) is 0 Å². The van der Waals surface area contributed by atoms with Gasteiger partial charge in [-0.25, -0.2) is 4.21 Å². The van der Waals surface area contributed by atoms with Gasteiger partial charge in [0.25, 0.3) is 0 Å². The maximum Gasteiger partial charge on any atom is 0.187 e. The molecule has 0 aliphatic heterocycles. The largest absolute Gasteiger partial charge is 0.455 e. The first kappa shape index (κ1) is 24.1. The summed E-state index contributed by atoms with van der Waals surface area (Å²) in [7, 11) is 0. The van der Waals surface area contributed by atoms with E-state index in [-0.39, 0.29) is 0 Å². The smallest absolute Gasteiger partial charge is 0.187 e. The number of nitrogens with two attached hydrogens (primary N) is 2. The summed E-state index contributed by atoms with van der Waals surface area (Å²) >= 11 is -2.20. The molecule has 0 amide bonds. The molecule has 37 heavy (non-hydrogen) atoms. The highest BCUT2D eigenvalue weighted by Gasteiger charge is 2.17. The molecular weight excluding hydrogens is 484 g/mol. The normalized spacial score (nSPS) is 11.6. The summed E-state index contributed by atoms with van der Waals surface area (Å²) in [4.78, 5) is 0.303. The van der Waals surface area contributed by atoms with Crippen molar-refractivity contribution in [3.63, 3.8) is 0 Å². The maximum atomic E-state index is 12.3. The lowest BCUT2D eigenvalue weighted by Crippen LogP contribution is -1.97. The van der Waals surface area contributed by atoms with E-state index in [1.165, 1.54) is 0 Å².